The molecule has 0 aliphatic rings. The van der Waals surface area contributed by atoms with Gasteiger partial charge in [0.05, 0.1) is 19.8 Å². The third-order valence-electron chi connectivity index (χ3n) is 3.15. The van der Waals surface area contributed by atoms with Crippen molar-refractivity contribution in [2.75, 3.05) is 14.2 Å². The van der Waals surface area contributed by atoms with Crippen molar-refractivity contribution >= 4 is 5.97 Å². The molecule has 0 amide bonds. The van der Waals surface area contributed by atoms with Gasteiger partial charge in [-0.25, -0.2) is 4.79 Å². The van der Waals surface area contributed by atoms with Crippen molar-refractivity contribution in [2.24, 2.45) is 0 Å². The molecule has 2 aromatic carbocycles. The minimum atomic E-state index is -0.389. The van der Waals surface area contributed by atoms with E-state index < -0.39 is 0 Å². The van der Waals surface area contributed by atoms with E-state index in [0.29, 0.717) is 23.7 Å². The Labute approximate surface area is 124 Å². The number of hydrogen-bond acceptors (Lipinski definition) is 4. The highest BCUT2D eigenvalue weighted by atomic mass is 16.5. The van der Waals surface area contributed by atoms with Crippen molar-refractivity contribution in [1.82, 2.24) is 0 Å². The lowest BCUT2D eigenvalue weighted by Gasteiger charge is -2.13. The van der Waals surface area contributed by atoms with E-state index in [0.717, 1.165) is 11.1 Å². The van der Waals surface area contributed by atoms with Crippen molar-refractivity contribution < 1.29 is 19.0 Å². The fraction of sp³-hybridized carbons (Fsp3) is 0.235. The van der Waals surface area contributed by atoms with E-state index in [4.69, 9.17) is 14.2 Å². The Kier molecular flexibility index (Phi) is 4.82. The molecule has 0 aliphatic heterocycles. The Balaban J connectivity index is 2.23. The van der Waals surface area contributed by atoms with Crippen LogP contribution in [0.3, 0.4) is 0 Å². The van der Waals surface area contributed by atoms with Crippen LogP contribution in [-0.2, 0) is 11.3 Å². The van der Waals surface area contributed by atoms with Crippen LogP contribution in [0.1, 0.15) is 21.5 Å². The molecule has 0 fully saturated rings. The van der Waals surface area contributed by atoms with Gasteiger partial charge in [0.25, 0.3) is 0 Å². The van der Waals surface area contributed by atoms with Gasteiger partial charge in [0, 0.05) is 0 Å². The zero-order valence-electron chi connectivity index (χ0n) is 12.4. The highest BCUT2D eigenvalue weighted by Crippen LogP contribution is 2.31. The third kappa shape index (κ3) is 3.54. The van der Waals surface area contributed by atoms with Crippen molar-refractivity contribution in [3.63, 3.8) is 0 Å². The molecule has 0 N–H and O–H groups in total. The summed E-state index contributed by atoms with van der Waals surface area (Å²) in [5.41, 5.74) is 2.32. The smallest absolute Gasteiger partial charge is 0.338 e. The number of hydrogen-bond donors (Lipinski definition) is 0. The van der Waals surface area contributed by atoms with Crippen LogP contribution in [0.15, 0.2) is 42.5 Å². The summed E-state index contributed by atoms with van der Waals surface area (Å²) >= 11 is 0. The van der Waals surface area contributed by atoms with Crippen LogP contribution in [0, 0.1) is 6.92 Å². The summed E-state index contributed by atoms with van der Waals surface area (Å²) in [6, 6.07) is 13.3. The van der Waals surface area contributed by atoms with E-state index in [1.807, 2.05) is 37.3 Å². The zero-order valence-corrected chi connectivity index (χ0v) is 12.4. The normalized spacial score (nSPS) is 10.0. The van der Waals surface area contributed by atoms with Crippen LogP contribution in [0.2, 0.25) is 0 Å². The van der Waals surface area contributed by atoms with Gasteiger partial charge in [-0.2, -0.15) is 0 Å². The SMILES string of the molecule is COC(=O)c1cc(OC)c(OCc2ccccc2)cc1C. The third-order valence-corrected chi connectivity index (χ3v) is 3.15. The maximum Gasteiger partial charge on any atom is 0.338 e. The molecule has 4 nitrogen and oxygen atoms in total. The molecule has 0 saturated carbocycles. The first-order valence-electron chi connectivity index (χ1n) is 6.59. The highest BCUT2D eigenvalue weighted by Gasteiger charge is 2.15. The predicted molar refractivity (Wildman–Crippen MR) is 79.8 cm³/mol. The van der Waals surface area contributed by atoms with Crippen molar-refractivity contribution in [3.05, 3.63) is 59.2 Å². The second-order valence-electron chi connectivity index (χ2n) is 4.58. The molecular weight excluding hydrogens is 268 g/mol. The molecule has 21 heavy (non-hydrogen) atoms. The average Bonchev–Trinajstić information content (AvgIpc) is 2.53. The van der Waals surface area contributed by atoms with Gasteiger partial charge in [0.1, 0.15) is 6.61 Å². The Bertz CT molecular complexity index is 620. The molecule has 0 radical (unpaired) electrons. The van der Waals surface area contributed by atoms with Crippen LogP contribution < -0.4 is 9.47 Å². The Morgan fingerprint density at radius 2 is 1.76 bits per heavy atom. The number of carbonyl (C=O) groups excluding carboxylic acids is 1. The Morgan fingerprint density at radius 3 is 2.38 bits per heavy atom. The molecule has 0 saturated heterocycles. The summed E-state index contributed by atoms with van der Waals surface area (Å²) in [7, 11) is 2.90. The number of carbonyl (C=O) groups is 1. The van der Waals surface area contributed by atoms with E-state index >= 15 is 0 Å². The average molecular weight is 286 g/mol. The number of benzene rings is 2. The minimum Gasteiger partial charge on any atom is -0.493 e. The summed E-state index contributed by atoms with van der Waals surface area (Å²) in [6.07, 6.45) is 0. The highest BCUT2D eigenvalue weighted by molar-refractivity contribution is 5.91. The van der Waals surface area contributed by atoms with Crippen LogP contribution in [0.5, 0.6) is 11.5 Å². The van der Waals surface area contributed by atoms with Crippen LogP contribution in [0.4, 0.5) is 0 Å². The number of methoxy groups -OCH3 is 2. The topological polar surface area (TPSA) is 44.8 Å². The summed E-state index contributed by atoms with van der Waals surface area (Å²) in [4.78, 5) is 11.7. The number of ether oxygens (including phenoxy) is 3. The van der Waals surface area contributed by atoms with Gasteiger partial charge in [-0.1, -0.05) is 30.3 Å². The van der Waals surface area contributed by atoms with Gasteiger partial charge in [-0.15, -0.1) is 0 Å². The molecule has 0 aromatic heterocycles. The summed E-state index contributed by atoms with van der Waals surface area (Å²) in [5, 5.41) is 0. The molecule has 0 unspecified atom stereocenters. The molecule has 2 rings (SSSR count). The largest absolute Gasteiger partial charge is 0.493 e. The van der Waals surface area contributed by atoms with Crippen molar-refractivity contribution in [3.8, 4) is 11.5 Å². The van der Waals surface area contributed by atoms with Gasteiger partial charge < -0.3 is 14.2 Å². The Hall–Kier alpha value is -2.49. The monoisotopic (exact) mass is 286 g/mol. The van der Waals surface area contributed by atoms with Gasteiger partial charge in [0.2, 0.25) is 0 Å². The van der Waals surface area contributed by atoms with Crippen LogP contribution >= 0.6 is 0 Å². The summed E-state index contributed by atoms with van der Waals surface area (Å²) in [6.45, 7) is 2.27. The van der Waals surface area contributed by atoms with Crippen LogP contribution in [0.25, 0.3) is 0 Å². The van der Waals surface area contributed by atoms with Gasteiger partial charge in [0.15, 0.2) is 11.5 Å². The fourth-order valence-electron chi connectivity index (χ4n) is 2.00. The lowest BCUT2D eigenvalue weighted by atomic mass is 10.1. The lowest BCUT2D eigenvalue weighted by molar-refractivity contribution is 0.0599. The first-order chi connectivity index (χ1) is 10.2. The van der Waals surface area contributed by atoms with Gasteiger partial charge >= 0.3 is 5.97 Å². The van der Waals surface area contributed by atoms with E-state index in [1.54, 1.807) is 19.2 Å². The minimum absolute atomic E-state index is 0.389. The first kappa shape index (κ1) is 14.9. The zero-order chi connectivity index (χ0) is 15.2. The predicted octanol–water partition coefficient (Wildman–Crippen LogP) is 3.37. The molecule has 110 valence electrons. The molecule has 0 spiro atoms. The quantitative estimate of drug-likeness (QED) is 0.790. The molecule has 4 heteroatoms. The fourth-order valence-corrected chi connectivity index (χ4v) is 2.00. The maximum absolute atomic E-state index is 11.7. The van der Waals surface area contributed by atoms with E-state index in [-0.39, 0.29) is 5.97 Å². The van der Waals surface area contributed by atoms with Crippen LogP contribution in [-0.4, -0.2) is 20.2 Å². The number of aryl methyl sites for hydroxylation is 1. The maximum atomic E-state index is 11.7. The lowest BCUT2D eigenvalue weighted by Crippen LogP contribution is -2.06. The molecule has 0 aliphatic carbocycles. The molecule has 2 aromatic rings. The molecular formula is C17H18O4. The van der Waals surface area contributed by atoms with Crippen molar-refractivity contribution in [2.45, 2.75) is 13.5 Å². The first-order valence-corrected chi connectivity index (χ1v) is 6.59. The molecule has 0 bridgehead atoms. The molecule has 0 atom stereocenters. The van der Waals surface area contributed by atoms with Crippen molar-refractivity contribution in [1.29, 1.82) is 0 Å². The van der Waals surface area contributed by atoms with E-state index in [9.17, 15) is 4.79 Å². The summed E-state index contributed by atoms with van der Waals surface area (Å²) < 4.78 is 15.8. The Morgan fingerprint density at radius 1 is 1.05 bits per heavy atom. The second-order valence-corrected chi connectivity index (χ2v) is 4.58. The van der Waals surface area contributed by atoms with E-state index in [1.165, 1.54) is 7.11 Å². The van der Waals surface area contributed by atoms with E-state index in [2.05, 4.69) is 0 Å². The summed E-state index contributed by atoms with van der Waals surface area (Å²) in [5.74, 6) is 0.726. The second kappa shape index (κ2) is 6.79. The van der Waals surface area contributed by atoms with Gasteiger partial charge in [-0.3, -0.25) is 0 Å². The number of esters is 1. The number of rotatable bonds is 5. The van der Waals surface area contributed by atoms with Gasteiger partial charge in [-0.05, 0) is 30.2 Å². The standard InChI is InChI=1S/C17H18O4/c1-12-9-16(21-11-13-7-5-4-6-8-13)15(19-2)10-14(12)17(18)20-3/h4-10H,11H2,1-3H3. The molecule has 0 heterocycles.